The van der Waals surface area contributed by atoms with Crippen LogP contribution in [0.15, 0.2) is 77.9 Å². The number of rotatable bonds is 6. The molecule has 0 unspecified atom stereocenters. The number of nitrogens with zero attached hydrogens (tertiary/aromatic N) is 5. The molecule has 1 aliphatic rings. The van der Waals surface area contributed by atoms with Gasteiger partial charge in [-0.1, -0.05) is 35.9 Å². The molecule has 0 spiro atoms. The molecular weight excluding hydrogens is 532 g/mol. The number of hydrogen-bond donors (Lipinski definition) is 1. The van der Waals surface area contributed by atoms with Crippen LogP contribution >= 0.6 is 11.6 Å². The maximum Gasteiger partial charge on any atom is 0.260 e. The second-order valence-corrected chi connectivity index (χ2v) is 11.2. The summed E-state index contributed by atoms with van der Waals surface area (Å²) in [7, 11) is 2.18. The van der Waals surface area contributed by atoms with Crippen molar-refractivity contribution in [2.24, 2.45) is 0 Å². The number of aromatic nitrogens is 4. The molecule has 1 N–H and O–H groups in total. The summed E-state index contributed by atoms with van der Waals surface area (Å²) in [5, 5.41) is 4.60. The number of benzene rings is 2. The summed E-state index contributed by atoms with van der Waals surface area (Å²) in [5.41, 5.74) is 6.87. The van der Waals surface area contributed by atoms with Crippen LogP contribution in [0.5, 0.6) is 0 Å². The van der Waals surface area contributed by atoms with E-state index in [9.17, 15) is 4.79 Å². The molecule has 0 aliphatic carbocycles. The molecule has 0 radical (unpaired) electrons. The highest BCUT2D eigenvalue weighted by atomic mass is 35.5. The lowest BCUT2D eigenvalue weighted by atomic mass is 9.89. The topological polar surface area (TPSA) is 75.9 Å². The zero-order chi connectivity index (χ0) is 28.5. The van der Waals surface area contributed by atoms with E-state index in [1.165, 1.54) is 18.4 Å². The SMILES string of the molecule is CCn1c(=O)c(-c2ccc(-c3ccnc(C)c3)cc2Cl)cc2cnc(Nc3ccc(C4CCN(C)CC4)cc3)nc21. The standard InChI is InChI=1S/C33H33ClN6O/c1-4-40-31-26(18-29(32(40)41)28-10-7-24(19-30(28)34)25-11-14-35-21(2)17-25)20-36-33(38-31)37-27-8-5-22(6-9-27)23-12-15-39(3)16-13-23/h5-11,14,17-20,23H,4,12-13,15-16H2,1-3H3,(H,36,37,38). The van der Waals surface area contributed by atoms with Gasteiger partial charge in [0, 0.05) is 51.9 Å². The zero-order valence-corrected chi connectivity index (χ0v) is 24.3. The normalized spacial score (nSPS) is 14.4. The molecule has 7 nitrogen and oxygen atoms in total. The monoisotopic (exact) mass is 564 g/mol. The fourth-order valence-corrected chi connectivity index (χ4v) is 5.94. The Morgan fingerprint density at radius 3 is 2.41 bits per heavy atom. The molecule has 1 fully saturated rings. The lowest BCUT2D eigenvalue weighted by molar-refractivity contribution is 0.255. The van der Waals surface area contributed by atoms with E-state index in [0.717, 1.165) is 41.0 Å². The summed E-state index contributed by atoms with van der Waals surface area (Å²) in [6.07, 6.45) is 5.92. The van der Waals surface area contributed by atoms with E-state index in [-0.39, 0.29) is 5.56 Å². The van der Waals surface area contributed by atoms with Crippen LogP contribution in [0, 0.1) is 6.92 Å². The molecule has 8 heteroatoms. The summed E-state index contributed by atoms with van der Waals surface area (Å²) >= 11 is 6.75. The Balaban J connectivity index is 1.28. The van der Waals surface area contributed by atoms with Crippen molar-refractivity contribution < 1.29 is 0 Å². The largest absolute Gasteiger partial charge is 0.324 e. The first kappa shape index (κ1) is 27.1. The van der Waals surface area contributed by atoms with Crippen LogP contribution in [-0.2, 0) is 6.54 Å². The second kappa shape index (κ2) is 11.4. The number of piperidine rings is 1. The summed E-state index contributed by atoms with van der Waals surface area (Å²) < 4.78 is 1.68. The van der Waals surface area contributed by atoms with Crippen LogP contribution in [0.2, 0.25) is 5.02 Å². The average molecular weight is 565 g/mol. The Kier molecular flexibility index (Phi) is 7.56. The first-order valence-electron chi connectivity index (χ1n) is 14.1. The molecule has 0 amide bonds. The van der Waals surface area contributed by atoms with Gasteiger partial charge in [-0.25, -0.2) is 4.98 Å². The molecule has 2 aromatic carbocycles. The van der Waals surface area contributed by atoms with E-state index in [1.54, 1.807) is 17.0 Å². The van der Waals surface area contributed by atoms with E-state index >= 15 is 0 Å². The summed E-state index contributed by atoms with van der Waals surface area (Å²) in [4.78, 5) is 29.6. The number of aryl methyl sites for hydroxylation is 2. The fraction of sp³-hybridized carbons (Fsp3) is 0.273. The third kappa shape index (κ3) is 5.60. The van der Waals surface area contributed by atoms with E-state index in [2.05, 4.69) is 51.5 Å². The molecule has 208 valence electrons. The number of pyridine rings is 2. The van der Waals surface area contributed by atoms with Gasteiger partial charge in [-0.2, -0.15) is 4.98 Å². The minimum absolute atomic E-state index is 0.137. The van der Waals surface area contributed by atoms with Crippen molar-refractivity contribution in [1.29, 1.82) is 0 Å². The number of anilines is 2. The smallest absolute Gasteiger partial charge is 0.260 e. The van der Waals surface area contributed by atoms with Crippen molar-refractivity contribution in [3.8, 4) is 22.3 Å². The van der Waals surface area contributed by atoms with Crippen LogP contribution in [0.25, 0.3) is 33.3 Å². The van der Waals surface area contributed by atoms with Gasteiger partial charge >= 0.3 is 0 Å². The predicted molar refractivity (Wildman–Crippen MR) is 167 cm³/mol. The number of fused-ring (bicyclic) bond motifs is 1. The highest BCUT2D eigenvalue weighted by Gasteiger charge is 2.19. The van der Waals surface area contributed by atoms with Crippen LogP contribution < -0.4 is 10.9 Å². The molecular formula is C33H33ClN6O. The van der Waals surface area contributed by atoms with Crippen molar-refractivity contribution in [2.45, 2.75) is 39.2 Å². The van der Waals surface area contributed by atoms with Gasteiger partial charge in [0.15, 0.2) is 0 Å². The van der Waals surface area contributed by atoms with Crippen molar-refractivity contribution in [3.05, 3.63) is 99.7 Å². The van der Waals surface area contributed by atoms with Gasteiger partial charge in [-0.05, 0) is 106 Å². The van der Waals surface area contributed by atoms with Gasteiger partial charge in [-0.3, -0.25) is 14.3 Å². The highest BCUT2D eigenvalue weighted by molar-refractivity contribution is 6.33. The minimum atomic E-state index is -0.137. The van der Waals surface area contributed by atoms with Crippen LogP contribution in [0.3, 0.4) is 0 Å². The lowest BCUT2D eigenvalue weighted by Crippen LogP contribution is -2.29. The number of nitrogens with one attached hydrogen (secondary N) is 1. The van der Waals surface area contributed by atoms with Gasteiger partial charge in [0.05, 0.1) is 0 Å². The Bertz CT molecular complexity index is 1770. The molecule has 1 aliphatic heterocycles. The van der Waals surface area contributed by atoms with E-state index in [4.69, 9.17) is 16.6 Å². The van der Waals surface area contributed by atoms with Crippen molar-refractivity contribution in [1.82, 2.24) is 24.4 Å². The van der Waals surface area contributed by atoms with Gasteiger partial charge in [0.2, 0.25) is 5.95 Å². The molecule has 6 rings (SSSR count). The summed E-state index contributed by atoms with van der Waals surface area (Å²) in [6.45, 7) is 6.64. The van der Waals surface area contributed by atoms with E-state index in [0.29, 0.717) is 40.2 Å². The molecule has 0 bridgehead atoms. The Hall–Kier alpha value is -4.07. The highest BCUT2D eigenvalue weighted by Crippen LogP contribution is 2.33. The molecule has 0 saturated carbocycles. The minimum Gasteiger partial charge on any atom is -0.324 e. The second-order valence-electron chi connectivity index (χ2n) is 10.8. The number of likely N-dealkylation sites (tertiary alicyclic amines) is 1. The van der Waals surface area contributed by atoms with Gasteiger partial charge in [-0.15, -0.1) is 0 Å². The number of halogens is 1. The fourth-order valence-electron chi connectivity index (χ4n) is 5.65. The Morgan fingerprint density at radius 2 is 1.71 bits per heavy atom. The summed E-state index contributed by atoms with van der Waals surface area (Å²) in [6, 6.07) is 20.1. The van der Waals surface area contributed by atoms with Crippen LogP contribution in [0.4, 0.5) is 11.6 Å². The molecule has 3 aromatic heterocycles. The Morgan fingerprint density at radius 1 is 0.951 bits per heavy atom. The lowest BCUT2D eigenvalue weighted by Gasteiger charge is -2.29. The third-order valence-corrected chi connectivity index (χ3v) is 8.30. The molecule has 41 heavy (non-hydrogen) atoms. The number of hydrogen-bond acceptors (Lipinski definition) is 6. The van der Waals surface area contributed by atoms with Crippen molar-refractivity contribution >= 4 is 34.3 Å². The first-order valence-corrected chi connectivity index (χ1v) is 14.5. The molecule has 5 aromatic rings. The average Bonchev–Trinajstić information content (AvgIpc) is 2.98. The maximum absolute atomic E-state index is 13.7. The Labute approximate surface area is 244 Å². The van der Waals surface area contributed by atoms with Gasteiger partial charge in [0.1, 0.15) is 5.65 Å². The summed E-state index contributed by atoms with van der Waals surface area (Å²) in [5.74, 6) is 1.06. The van der Waals surface area contributed by atoms with Gasteiger partial charge in [0.25, 0.3) is 5.56 Å². The van der Waals surface area contributed by atoms with Crippen LogP contribution in [-0.4, -0.2) is 44.6 Å². The molecule has 1 saturated heterocycles. The predicted octanol–water partition coefficient (Wildman–Crippen LogP) is 7.06. The van der Waals surface area contributed by atoms with E-state index in [1.807, 2.05) is 50.2 Å². The van der Waals surface area contributed by atoms with Crippen molar-refractivity contribution in [3.63, 3.8) is 0 Å². The van der Waals surface area contributed by atoms with E-state index < -0.39 is 0 Å². The zero-order valence-electron chi connectivity index (χ0n) is 23.6. The maximum atomic E-state index is 13.7. The first-order chi connectivity index (χ1) is 19.9. The van der Waals surface area contributed by atoms with Crippen molar-refractivity contribution in [2.75, 3.05) is 25.5 Å². The third-order valence-electron chi connectivity index (χ3n) is 7.99. The molecule has 4 heterocycles. The quantitative estimate of drug-likeness (QED) is 0.238. The van der Waals surface area contributed by atoms with Crippen LogP contribution in [0.1, 0.15) is 36.9 Å². The van der Waals surface area contributed by atoms with Gasteiger partial charge < -0.3 is 10.2 Å². The molecule has 0 atom stereocenters.